The van der Waals surface area contributed by atoms with Gasteiger partial charge in [-0.2, -0.15) is 5.10 Å². The van der Waals surface area contributed by atoms with E-state index < -0.39 is 11.5 Å². The second kappa shape index (κ2) is 5.63. The number of carboxylic acid groups (broad SMARTS) is 1. The topological polar surface area (TPSA) is 84.2 Å². The van der Waals surface area contributed by atoms with Crippen molar-refractivity contribution >= 4 is 11.9 Å². The number of rotatable bonds is 5. The molecule has 1 heterocycles. The van der Waals surface area contributed by atoms with Crippen LogP contribution in [0.25, 0.3) is 5.69 Å². The highest BCUT2D eigenvalue weighted by molar-refractivity contribution is 5.93. The van der Waals surface area contributed by atoms with Gasteiger partial charge in [-0.1, -0.05) is 18.2 Å². The Bertz CT molecular complexity index is 690. The van der Waals surface area contributed by atoms with Crippen LogP contribution in [0.15, 0.2) is 42.6 Å². The minimum atomic E-state index is -0.894. The smallest absolute Gasteiger partial charge is 0.305 e. The Balaban J connectivity index is 1.73. The van der Waals surface area contributed by atoms with Gasteiger partial charge in [0.2, 0.25) is 0 Å². The molecule has 1 saturated carbocycles. The molecule has 22 heavy (non-hydrogen) atoms. The molecule has 0 unspecified atom stereocenters. The lowest BCUT2D eigenvalue weighted by atomic mass is 9.74. The SMILES string of the molecule is O=C(O)CC1(NC(=O)c2ccn(-c3ccccc3)n2)CCC1. The Labute approximate surface area is 127 Å². The number of amides is 1. The Morgan fingerprint density at radius 1 is 1.23 bits per heavy atom. The summed E-state index contributed by atoms with van der Waals surface area (Å²) < 4.78 is 1.62. The monoisotopic (exact) mass is 299 g/mol. The zero-order valence-corrected chi connectivity index (χ0v) is 12.0. The number of para-hydroxylation sites is 1. The van der Waals surface area contributed by atoms with Crippen molar-refractivity contribution in [1.82, 2.24) is 15.1 Å². The summed E-state index contributed by atoms with van der Waals surface area (Å²) >= 11 is 0. The number of nitrogens with one attached hydrogen (secondary N) is 1. The van der Waals surface area contributed by atoms with E-state index in [-0.39, 0.29) is 12.3 Å². The average molecular weight is 299 g/mol. The second-order valence-corrected chi connectivity index (χ2v) is 5.64. The molecule has 0 saturated heterocycles. The van der Waals surface area contributed by atoms with Crippen LogP contribution in [0.2, 0.25) is 0 Å². The molecule has 1 aromatic carbocycles. The second-order valence-electron chi connectivity index (χ2n) is 5.64. The van der Waals surface area contributed by atoms with Crippen molar-refractivity contribution in [2.24, 2.45) is 0 Å². The minimum absolute atomic E-state index is 0.0435. The van der Waals surface area contributed by atoms with Gasteiger partial charge in [-0.05, 0) is 37.5 Å². The van der Waals surface area contributed by atoms with Gasteiger partial charge < -0.3 is 10.4 Å². The summed E-state index contributed by atoms with van der Waals surface area (Å²) in [6, 6.07) is 11.1. The standard InChI is InChI=1S/C16H17N3O3/c20-14(21)11-16(8-4-9-16)17-15(22)13-7-10-19(18-13)12-5-2-1-3-6-12/h1-3,5-7,10H,4,8-9,11H2,(H,17,22)(H,20,21). The molecule has 1 aliphatic carbocycles. The predicted octanol–water partition coefficient (Wildman–Crippen LogP) is 2.00. The molecule has 1 fully saturated rings. The number of hydrogen-bond acceptors (Lipinski definition) is 3. The average Bonchev–Trinajstić information content (AvgIpc) is 2.95. The first-order valence-electron chi connectivity index (χ1n) is 7.23. The van der Waals surface area contributed by atoms with Gasteiger partial charge in [-0.3, -0.25) is 9.59 Å². The first-order chi connectivity index (χ1) is 10.6. The lowest BCUT2D eigenvalue weighted by Gasteiger charge is -2.41. The maximum atomic E-state index is 12.3. The molecule has 1 aromatic heterocycles. The van der Waals surface area contributed by atoms with Gasteiger partial charge in [0.05, 0.1) is 17.6 Å². The van der Waals surface area contributed by atoms with Gasteiger partial charge in [0.25, 0.3) is 5.91 Å². The minimum Gasteiger partial charge on any atom is -0.481 e. The van der Waals surface area contributed by atoms with Crippen LogP contribution in [0, 0.1) is 0 Å². The van der Waals surface area contributed by atoms with Gasteiger partial charge in [-0.25, -0.2) is 4.68 Å². The van der Waals surface area contributed by atoms with Crippen molar-refractivity contribution < 1.29 is 14.7 Å². The molecule has 0 bridgehead atoms. The van der Waals surface area contributed by atoms with Crippen LogP contribution < -0.4 is 5.32 Å². The van der Waals surface area contributed by atoms with E-state index in [0.29, 0.717) is 18.5 Å². The summed E-state index contributed by atoms with van der Waals surface area (Å²) in [5.41, 5.74) is 0.547. The van der Waals surface area contributed by atoms with Crippen LogP contribution >= 0.6 is 0 Å². The summed E-state index contributed by atoms with van der Waals surface area (Å²) in [7, 11) is 0. The Morgan fingerprint density at radius 3 is 2.55 bits per heavy atom. The number of benzene rings is 1. The quantitative estimate of drug-likeness (QED) is 0.884. The van der Waals surface area contributed by atoms with Crippen LogP contribution in [-0.2, 0) is 4.79 Å². The molecular weight excluding hydrogens is 282 g/mol. The Hall–Kier alpha value is -2.63. The summed E-state index contributed by atoms with van der Waals surface area (Å²) in [4.78, 5) is 23.2. The van der Waals surface area contributed by atoms with E-state index in [2.05, 4.69) is 10.4 Å². The van der Waals surface area contributed by atoms with Crippen molar-refractivity contribution in [3.63, 3.8) is 0 Å². The lowest BCUT2D eigenvalue weighted by molar-refractivity contribution is -0.139. The van der Waals surface area contributed by atoms with E-state index in [0.717, 1.165) is 12.1 Å². The van der Waals surface area contributed by atoms with E-state index in [4.69, 9.17) is 5.11 Å². The maximum absolute atomic E-state index is 12.3. The molecule has 1 amide bonds. The lowest BCUT2D eigenvalue weighted by Crippen LogP contribution is -2.54. The third-order valence-electron chi connectivity index (χ3n) is 4.02. The van der Waals surface area contributed by atoms with E-state index in [9.17, 15) is 9.59 Å². The third kappa shape index (κ3) is 2.86. The first-order valence-corrected chi connectivity index (χ1v) is 7.23. The number of aliphatic carboxylic acids is 1. The van der Waals surface area contributed by atoms with E-state index in [1.54, 1.807) is 16.9 Å². The summed E-state index contributed by atoms with van der Waals surface area (Å²) in [5.74, 6) is -1.22. The van der Waals surface area contributed by atoms with Crippen molar-refractivity contribution in [1.29, 1.82) is 0 Å². The predicted molar refractivity (Wildman–Crippen MR) is 79.9 cm³/mol. The molecule has 0 spiro atoms. The normalized spacial score (nSPS) is 15.8. The molecule has 0 radical (unpaired) electrons. The number of aromatic nitrogens is 2. The zero-order valence-electron chi connectivity index (χ0n) is 12.0. The molecule has 1 aliphatic rings. The van der Waals surface area contributed by atoms with E-state index in [1.165, 1.54) is 0 Å². The fraction of sp³-hybridized carbons (Fsp3) is 0.312. The summed E-state index contributed by atoms with van der Waals surface area (Å²) in [6.07, 6.45) is 4.01. The molecule has 0 aliphatic heterocycles. The fourth-order valence-electron chi connectivity index (χ4n) is 2.71. The number of carbonyl (C=O) groups is 2. The molecule has 2 N–H and O–H groups in total. The van der Waals surface area contributed by atoms with Crippen molar-refractivity contribution in [3.05, 3.63) is 48.3 Å². The molecule has 3 rings (SSSR count). The largest absolute Gasteiger partial charge is 0.481 e. The van der Waals surface area contributed by atoms with Crippen molar-refractivity contribution in [2.45, 2.75) is 31.2 Å². The van der Waals surface area contributed by atoms with Gasteiger partial charge in [0.15, 0.2) is 5.69 Å². The third-order valence-corrected chi connectivity index (χ3v) is 4.02. The molecule has 6 nitrogen and oxygen atoms in total. The highest BCUT2D eigenvalue weighted by atomic mass is 16.4. The highest BCUT2D eigenvalue weighted by Crippen LogP contribution is 2.35. The van der Waals surface area contributed by atoms with Crippen LogP contribution in [-0.4, -0.2) is 32.3 Å². The van der Waals surface area contributed by atoms with Crippen LogP contribution in [0.3, 0.4) is 0 Å². The fourth-order valence-corrected chi connectivity index (χ4v) is 2.71. The van der Waals surface area contributed by atoms with Crippen molar-refractivity contribution in [3.8, 4) is 5.69 Å². The van der Waals surface area contributed by atoms with E-state index in [1.807, 2.05) is 30.3 Å². The number of hydrogen-bond donors (Lipinski definition) is 2. The molecule has 2 aromatic rings. The number of carboxylic acids is 1. The van der Waals surface area contributed by atoms with Crippen molar-refractivity contribution in [2.75, 3.05) is 0 Å². The molecule has 114 valence electrons. The van der Waals surface area contributed by atoms with E-state index >= 15 is 0 Å². The Kier molecular flexibility index (Phi) is 3.66. The van der Waals surface area contributed by atoms with Crippen LogP contribution in [0.5, 0.6) is 0 Å². The number of carbonyl (C=O) groups excluding carboxylic acids is 1. The summed E-state index contributed by atoms with van der Waals surface area (Å²) in [6.45, 7) is 0. The van der Waals surface area contributed by atoms with Gasteiger partial charge in [0, 0.05) is 6.20 Å². The van der Waals surface area contributed by atoms with Crippen LogP contribution in [0.4, 0.5) is 0 Å². The molecular formula is C16H17N3O3. The van der Waals surface area contributed by atoms with Gasteiger partial charge >= 0.3 is 5.97 Å². The first kappa shape index (κ1) is 14.3. The Morgan fingerprint density at radius 2 is 1.95 bits per heavy atom. The van der Waals surface area contributed by atoms with Crippen LogP contribution in [0.1, 0.15) is 36.2 Å². The van der Waals surface area contributed by atoms with Gasteiger partial charge in [0.1, 0.15) is 0 Å². The zero-order chi connectivity index (χ0) is 15.6. The highest BCUT2D eigenvalue weighted by Gasteiger charge is 2.40. The van der Waals surface area contributed by atoms with Gasteiger partial charge in [-0.15, -0.1) is 0 Å². The number of nitrogens with zero attached hydrogens (tertiary/aromatic N) is 2. The molecule has 6 heteroatoms. The molecule has 0 atom stereocenters. The maximum Gasteiger partial charge on any atom is 0.305 e. The summed E-state index contributed by atoms with van der Waals surface area (Å²) in [5, 5.41) is 16.1.